The average Bonchev–Trinajstić information content (AvgIpc) is 3.01. The van der Waals surface area contributed by atoms with E-state index in [9.17, 15) is 18.5 Å². The Morgan fingerprint density at radius 3 is 2.68 bits per heavy atom. The highest BCUT2D eigenvalue weighted by atomic mass is 79.9. The van der Waals surface area contributed by atoms with Crippen molar-refractivity contribution < 1.29 is 13.3 Å². The number of hydrogen-bond donors (Lipinski definition) is 0. The van der Waals surface area contributed by atoms with Gasteiger partial charge in [0.15, 0.2) is 0 Å². The lowest BCUT2D eigenvalue weighted by atomic mass is 9.93. The van der Waals surface area contributed by atoms with Gasteiger partial charge in [0.05, 0.1) is 16.0 Å². The minimum Gasteiger partial charge on any atom is -0.258 e. The first-order chi connectivity index (χ1) is 12.7. The van der Waals surface area contributed by atoms with Gasteiger partial charge in [-0.2, -0.15) is 17.9 Å². The Hall–Kier alpha value is -2.23. The van der Waals surface area contributed by atoms with Crippen LogP contribution in [0.5, 0.6) is 0 Å². The van der Waals surface area contributed by atoms with Gasteiger partial charge in [0.25, 0.3) is 15.7 Å². The van der Waals surface area contributed by atoms with Crippen molar-refractivity contribution in [1.82, 2.24) is 4.41 Å². The maximum Gasteiger partial charge on any atom is 0.279 e. The zero-order chi connectivity index (χ0) is 19.8. The summed E-state index contributed by atoms with van der Waals surface area (Å²) >= 11 is 3.44. The molecular weight excluding hydrogens is 470 g/mol. The van der Waals surface area contributed by atoms with E-state index in [0.717, 1.165) is 26.1 Å². The third-order valence-electron chi connectivity index (χ3n) is 4.33. The fraction of sp³-hybridized carbons (Fsp3) is 0.167. The van der Waals surface area contributed by atoms with Gasteiger partial charge in [-0.1, -0.05) is 46.3 Å². The Morgan fingerprint density at radius 1 is 1.29 bits per heavy atom. The number of hydrazone groups is 1. The number of nitrogens with zero attached hydrogens (tertiary/aromatic N) is 3. The normalized spacial score (nSPS) is 18.1. The minimum absolute atomic E-state index is 0. The summed E-state index contributed by atoms with van der Waals surface area (Å²) in [7, 11) is -2.70. The van der Waals surface area contributed by atoms with E-state index in [1.54, 1.807) is 6.92 Å². The molecule has 0 amide bonds. The molecule has 1 aromatic carbocycles. The van der Waals surface area contributed by atoms with Gasteiger partial charge in [-0.3, -0.25) is 10.1 Å². The summed E-state index contributed by atoms with van der Waals surface area (Å²) in [4.78, 5) is 10.2. The molecule has 0 aliphatic heterocycles. The van der Waals surface area contributed by atoms with E-state index in [2.05, 4.69) is 21.0 Å². The van der Waals surface area contributed by atoms with Crippen molar-refractivity contribution in [3.8, 4) is 0 Å². The molecule has 0 saturated heterocycles. The van der Waals surface area contributed by atoms with Crippen LogP contribution in [0.15, 0.2) is 74.2 Å². The monoisotopic (exact) mass is 485 g/mol. The number of fused-ring (bicyclic) bond motifs is 1. The van der Waals surface area contributed by atoms with Crippen molar-refractivity contribution in [2.75, 3.05) is 7.05 Å². The Morgan fingerprint density at radius 2 is 2.00 bits per heavy atom. The summed E-state index contributed by atoms with van der Waals surface area (Å²) in [5, 5.41) is 15.0. The Labute approximate surface area is 177 Å². The number of hydrogen-bond acceptors (Lipinski definition) is 5. The van der Waals surface area contributed by atoms with Gasteiger partial charge in [-0.25, -0.2) is 0 Å². The second kappa shape index (κ2) is 8.42. The molecule has 0 bridgehead atoms. The van der Waals surface area contributed by atoms with E-state index in [1.165, 1.54) is 25.4 Å². The van der Waals surface area contributed by atoms with Gasteiger partial charge < -0.3 is 0 Å². The highest BCUT2D eigenvalue weighted by molar-refractivity contribution is 9.11. The van der Waals surface area contributed by atoms with Crippen molar-refractivity contribution >= 4 is 50.3 Å². The zero-order valence-corrected chi connectivity index (χ0v) is 18.2. The molecule has 7 nitrogen and oxygen atoms in total. The van der Waals surface area contributed by atoms with Crippen LogP contribution in [0.3, 0.4) is 0 Å². The van der Waals surface area contributed by atoms with Crippen LogP contribution < -0.4 is 0 Å². The number of rotatable bonds is 5. The summed E-state index contributed by atoms with van der Waals surface area (Å²) in [6.45, 7) is 1.58. The molecule has 0 aromatic heterocycles. The number of aryl methyl sites for hydroxylation is 1. The molecular formula is C18H17BrClN3O4S. The lowest BCUT2D eigenvalue weighted by Crippen LogP contribution is -2.23. The predicted octanol–water partition coefficient (Wildman–Crippen LogP) is 4.26. The summed E-state index contributed by atoms with van der Waals surface area (Å²) in [5.41, 5.74) is 2.08. The molecule has 1 atom stereocenters. The van der Waals surface area contributed by atoms with Gasteiger partial charge in [0, 0.05) is 29.6 Å². The zero-order valence-electron chi connectivity index (χ0n) is 14.9. The number of sulfonamides is 1. The molecule has 1 unspecified atom stereocenters. The summed E-state index contributed by atoms with van der Waals surface area (Å²) in [6, 6.07) is 3.74. The third kappa shape index (κ3) is 4.26. The van der Waals surface area contributed by atoms with Crippen LogP contribution in [0, 0.1) is 23.0 Å². The van der Waals surface area contributed by atoms with E-state index in [1.807, 2.05) is 30.4 Å². The van der Waals surface area contributed by atoms with Crippen molar-refractivity contribution in [1.29, 1.82) is 0 Å². The third-order valence-corrected chi connectivity index (χ3v) is 6.64. The van der Waals surface area contributed by atoms with Crippen LogP contribution in [0.1, 0.15) is 5.56 Å². The number of nitro groups is 1. The first-order valence-electron chi connectivity index (χ1n) is 7.95. The lowest BCUT2D eigenvalue weighted by molar-refractivity contribution is -0.385. The van der Waals surface area contributed by atoms with Gasteiger partial charge in [0.2, 0.25) is 0 Å². The van der Waals surface area contributed by atoms with Gasteiger partial charge in [0.1, 0.15) is 0 Å². The topological polar surface area (TPSA) is 92.9 Å². The van der Waals surface area contributed by atoms with Crippen molar-refractivity contribution in [3.63, 3.8) is 0 Å². The fourth-order valence-corrected chi connectivity index (χ4v) is 4.39. The van der Waals surface area contributed by atoms with E-state index in [-0.39, 0.29) is 28.9 Å². The highest BCUT2D eigenvalue weighted by Crippen LogP contribution is 2.34. The molecule has 3 rings (SSSR count). The molecule has 2 aliphatic carbocycles. The minimum atomic E-state index is -4.01. The number of nitro benzene ring substituents is 1. The van der Waals surface area contributed by atoms with E-state index in [4.69, 9.17) is 0 Å². The first kappa shape index (κ1) is 22.1. The smallest absolute Gasteiger partial charge is 0.258 e. The van der Waals surface area contributed by atoms with Crippen LogP contribution in [-0.2, 0) is 10.0 Å². The van der Waals surface area contributed by atoms with Crippen LogP contribution in [-0.4, -0.2) is 31.0 Å². The molecule has 1 aromatic rings. The second-order valence-corrected chi connectivity index (χ2v) is 8.92. The number of benzene rings is 1. The Kier molecular flexibility index (Phi) is 6.63. The van der Waals surface area contributed by atoms with E-state index >= 15 is 0 Å². The van der Waals surface area contributed by atoms with Gasteiger partial charge >= 0.3 is 0 Å². The summed E-state index contributed by atoms with van der Waals surface area (Å²) in [5.74, 6) is 0.0174. The first-order valence-corrected chi connectivity index (χ1v) is 10.2. The largest absolute Gasteiger partial charge is 0.279 e. The molecule has 0 heterocycles. The number of allylic oxidation sites excluding steroid dienone is 8. The van der Waals surface area contributed by atoms with Crippen molar-refractivity contribution in [3.05, 3.63) is 79.9 Å². The molecule has 148 valence electrons. The van der Waals surface area contributed by atoms with Gasteiger partial charge in [-0.15, -0.1) is 12.4 Å². The standard InChI is InChI=1S/C18H16BrN3O4S.ClH/c1-12-3-8-16(22(23)24)10-18(12)27(25,26)21(2)20-11-14-5-4-13-6-7-15(19)9-17(13)14;/h3-11,17H,1-2H3;1H/b20-11+;. The fourth-order valence-electron chi connectivity index (χ4n) is 2.79. The Bertz CT molecular complexity index is 1070. The van der Waals surface area contributed by atoms with Crippen LogP contribution in [0.25, 0.3) is 0 Å². The summed E-state index contributed by atoms with van der Waals surface area (Å²) in [6.07, 6.45) is 11.3. The van der Waals surface area contributed by atoms with Crippen molar-refractivity contribution in [2.45, 2.75) is 11.8 Å². The maximum absolute atomic E-state index is 12.8. The van der Waals surface area contributed by atoms with Crippen LogP contribution in [0.4, 0.5) is 5.69 Å². The molecule has 0 spiro atoms. The molecule has 0 radical (unpaired) electrons. The molecule has 0 fully saturated rings. The number of non-ortho nitro benzene ring substituents is 1. The molecule has 2 aliphatic rings. The van der Waals surface area contributed by atoms with E-state index in [0.29, 0.717) is 5.56 Å². The quantitative estimate of drug-likeness (QED) is 0.353. The lowest BCUT2D eigenvalue weighted by Gasteiger charge is -2.17. The van der Waals surface area contributed by atoms with Crippen molar-refractivity contribution in [2.24, 2.45) is 11.0 Å². The second-order valence-electron chi connectivity index (χ2n) is 6.09. The molecule has 0 saturated carbocycles. The number of halogens is 2. The molecule has 28 heavy (non-hydrogen) atoms. The predicted molar refractivity (Wildman–Crippen MR) is 114 cm³/mol. The maximum atomic E-state index is 12.8. The highest BCUT2D eigenvalue weighted by Gasteiger charge is 2.25. The SMILES string of the molecule is Cc1ccc([N+](=O)[O-])cc1S(=O)(=O)N(C)/N=C/C1=CC=C2C=CC(Br)=CC21.Cl. The Balaban J connectivity index is 0.00000280. The van der Waals surface area contributed by atoms with E-state index < -0.39 is 14.9 Å². The molecule has 10 heteroatoms. The molecule has 0 N–H and O–H groups in total. The van der Waals surface area contributed by atoms with Gasteiger partial charge in [-0.05, 0) is 29.7 Å². The average molecular weight is 487 g/mol. The van der Waals surface area contributed by atoms with Crippen LogP contribution >= 0.6 is 28.3 Å². The summed E-state index contributed by atoms with van der Waals surface area (Å²) < 4.78 is 27.4. The van der Waals surface area contributed by atoms with Crippen LogP contribution in [0.2, 0.25) is 0 Å².